The first-order valence-electron chi connectivity index (χ1n) is 7.41. The Kier molecular flexibility index (Phi) is 5.70. The first-order valence-corrected chi connectivity index (χ1v) is 8.16. The number of carbonyl (C=O) groups is 2. The Labute approximate surface area is 140 Å². The Morgan fingerprint density at radius 3 is 2.68 bits per heavy atom. The molecule has 1 aromatic rings. The molecule has 6 heteroatoms. The van der Waals surface area contributed by atoms with Crippen LogP contribution in [0.2, 0.25) is 10.0 Å². The number of benzene rings is 1. The van der Waals surface area contributed by atoms with E-state index >= 15 is 0 Å². The molecule has 0 saturated carbocycles. The zero-order valence-electron chi connectivity index (χ0n) is 12.5. The SMILES string of the molecule is C[C@H]1CC[C@@H](C(N)=O)CN1C(=O)CCc1ccc(Cl)cc1Cl. The van der Waals surface area contributed by atoms with Crippen LogP contribution in [-0.4, -0.2) is 29.3 Å². The van der Waals surface area contributed by atoms with E-state index in [0.717, 1.165) is 18.4 Å². The highest BCUT2D eigenvalue weighted by Gasteiger charge is 2.31. The summed E-state index contributed by atoms with van der Waals surface area (Å²) in [6.45, 7) is 2.42. The maximum Gasteiger partial charge on any atom is 0.223 e. The standard InChI is InChI=1S/C16H20Cl2N2O2/c1-10-2-3-12(16(19)22)9-20(10)15(21)7-5-11-4-6-13(17)8-14(11)18/h4,6,8,10,12H,2-3,5,7,9H2,1H3,(H2,19,22)/t10-,12+/m0/s1. The Morgan fingerprint density at radius 2 is 2.05 bits per heavy atom. The summed E-state index contributed by atoms with van der Waals surface area (Å²) < 4.78 is 0. The van der Waals surface area contributed by atoms with Gasteiger partial charge in [0, 0.05) is 29.1 Å². The maximum atomic E-state index is 12.4. The van der Waals surface area contributed by atoms with Crippen molar-refractivity contribution in [1.29, 1.82) is 0 Å². The fraction of sp³-hybridized carbons (Fsp3) is 0.500. The number of piperidine rings is 1. The lowest BCUT2D eigenvalue weighted by atomic mass is 9.92. The summed E-state index contributed by atoms with van der Waals surface area (Å²) >= 11 is 12.0. The third kappa shape index (κ3) is 4.14. The van der Waals surface area contributed by atoms with Crippen LogP contribution in [0.15, 0.2) is 18.2 Å². The second kappa shape index (κ2) is 7.34. The van der Waals surface area contributed by atoms with Crippen molar-refractivity contribution in [3.8, 4) is 0 Å². The average Bonchev–Trinajstić information content (AvgIpc) is 2.46. The Balaban J connectivity index is 1.97. The van der Waals surface area contributed by atoms with Crippen molar-refractivity contribution in [3.63, 3.8) is 0 Å². The molecule has 0 bridgehead atoms. The molecule has 2 rings (SSSR count). The second-order valence-electron chi connectivity index (χ2n) is 5.81. The summed E-state index contributed by atoms with van der Waals surface area (Å²) in [7, 11) is 0. The van der Waals surface area contributed by atoms with Crippen molar-refractivity contribution in [3.05, 3.63) is 33.8 Å². The van der Waals surface area contributed by atoms with Crippen LogP contribution in [0.3, 0.4) is 0 Å². The highest BCUT2D eigenvalue weighted by atomic mass is 35.5. The van der Waals surface area contributed by atoms with E-state index in [1.54, 1.807) is 17.0 Å². The zero-order chi connectivity index (χ0) is 16.3. The Bertz CT molecular complexity index is 577. The van der Waals surface area contributed by atoms with Crippen molar-refractivity contribution < 1.29 is 9.59 Å². The summed E-state index contributed by atoms with van der Waals surface area (Å²) in [6, 6.07) is 5.42. The smallest absolute Gasteiger partial charge is 0.223 e. The number of primary amides is 1. The van der Waals surface area contributed by atoms with Gasteiger partial charge in [-0.1, -0.05) is 29.3 Å². The lowest BCUT2D eigenvalue weighted by molar-refractivity contribution is -0.137. The number of nitrogens with zero attached hydrogens (tertiary/aromatic N) is 1. The van der Waals surface area contributed by atoms with E-state index in [2.05, 4.69) is 0 Å². The van der Waals surface area contributed by atoms with E-state index in [1.807, 2.05) is 13.0 Å². The fourth-order valence-electron chi connectivity index (χ4n) is 2.80. The van der Waals surface area contributed by atoms with Crippen molar-refractivity contribution >= 4 is 35.0 Å². The van der Waals surface area contributed by atoms with Crippen LogP contribution in [0.25, 0.3) is 0 Å². The van der Waals surface area contributed by atoms with E-state index in [4.69, 9.17) is 28.9 Å². The third-order valence-corrected chi connectivity index (χ3v) is 4.82. The fourth-order valence-corrected chi connectivity index (χ4v) is 3.30. The molecule has 0 unspecified atom stereocenters. The predicted octanol–water partition coefficient (Wildman–Crippen LogP) is 3.04. The van der Waals surface area contributed by atoms with Crippen LogP contribution < -0.4 is 5.73 Å². The van der Waals surface area contributed by atoms with E-state index in [9.17, 15) is 9.59 Å². The van der Waals surface area contributed by atoms with E-state index < -0.39 is 0 Å². The van der Waals surface area contributed by atoms with Crippen molar-refractivity contribution in [2.45, 2.75) is 38.6 Å². The summed E-state index contributed by atoms with van der Waals surface area (Å²) in [5.41, 5.74) is 6.27. The number of likely N-dealkylation sites (tertiary alicyclic amines) is 1. The van der Waals surface area contributed by atoms with Gasteiger partial charge in [-0.15, -0.1) is 0 Å². The highest BCUT2D eigenvalue weighted by Crippen LogP contribution is 2.25. The van der Waals surface area contributed by atoms with Gasteiger partial charge < -0.3 is 10.6 Å². The molecule has 2 N–H and O–H groups in total. The largest absolute Gasteiger partial charge is 0.369 e. The number of carbonyl (C=O) groups excluding carboxylic acids is 2. The topological polar surface area (TPSA) is 63.4 Å². The Morgan fingerprint density at radius 1 is 1.32 bits per heavy atom. The van der Waals surface area contributed by atoms with Crippen molar-refractivity contribution in [2.75, 3.05) is 6.54 Å². The van der Waals surface area contributed by atoms with Crippen LogP contribution in [0.1, 0.15) is 31.7 Å². The van der Waals surface area contributed by atoms with Gasteiger partial charge in [0.25, 0.3) is 0 Å². The molecule has 22 heavy (non-hydrogen) atoms. The molecule has 0 aliphatic carbocycles. The van der Waals surface area contributed by atoms with Gasteiger partial charge >= 0.3 is 0 Å². The molecule has 2 atom stereocenters. The number of amides is 2. The minimum Gasteiger partial charge on any atom is -0.369 e. The van der Waals surface area contributed by atoms with E-state index in [1.165, 1.54) is 0 Å². The average molecular weight is 343 g/mol. The van der Waals surface area contributed by atoms with Crippen LogP contribution >= 0.6 is 23.2 Å². The molecular formula is C16H20Cl2N2O2. The molecule has 4 nitrogen and oxygen atoms in total. The third-order valence-electron chi connectivity index (χ3n) is 4.23. The second-order valence-corrected chi connectivity index (χ2v) is 6.65. The minimum atomic E-state index is -0.328. The molecule has 1 aromatic carbocycles. The van der Waals surface area contributed by atoms with Crippen LogP contribution in [0.4, 0.5) is 0 Å². The summed E-state index contributed by atoms with van der Waals surface area (Å²) in [5.74, 6) is -0.533. The van der Waals surface area contributed by atoms with Crippen LogP contribution in [0.5, 0.6) is 0 Å². The number of aryl methyl sites for hydroxylation is 1. The Hall–Kier alpha value is -1.26. The zero-order valence-corrected chi connectivity index (χ0v) is 14.0. The summed E-state index contributed by atoms with van der Waals surface area (Å²) in [5, 5.41) is 1.15. The number of rotatable bonds is 4. The molecule has 1 aliphatic heterocycles. The molecule has 0 aromatic heterocycles. The molecule has 1 heterocycles. The van der Waals surface area contributed by atoms with Gasteiger partial charge in [0.05, 0.1) is 5.92 Å². The van der Waals surface area contributed by atoms with Crippen molar-refractivity contribution in [2.24, 2.45) is 11.7 Å². The van der Waals surface area contributed by atoms with Crippen molar-refractivity contribution in [1.82, 2.24) is 4.90 Å². The maximum absolute atomic E-state index is 12.4. The van der Waals surface area contributed by atoms with Gasteiger partial charge in [-0.2, -0.15) is 0 Å². The molecule has 2 amide bonds. The number of nitrogens with two attached hydrogens (primary N) is 1. The van der Waals surface area contributed by atoms with Gasteiger partial charge in [0.2, 0.25) is 11.8 Å². The molecule has 1 fully saturated rings. The number of hydrogen-bond donors (Lipinski definition) is 1. The number of halogens is 2. The highest BCUT2D eigenvalue weighted by molar-refractivity contribution is 6.35. The van der Waals surface area contributed by atoms with Gasteiger partial charge in [-0.3, -0.25) is 9.59 Å². The predicted molar refractivity (Wildman–Crippen MR) is 87.9 cm³/mol. The molecule has 0 spiro atoms. The molecule has 1 aliphatic rings. The monoisotopic (exact) mass is 342 g/mol. The normalized spacial score (nSPS) is 21.7. The van der Waals surface area contributed by atoms with Gasteiger partial charge in [-0.25, -0.2) is 0 Å². The molecule has 120 valence electrons. The molecule has 0 radical (unpaired) electrons. The van der Waals surface area contributed by atoms with E-state index in [0.29, 0.717) is 29.4 Å². The number of hydrogen-bond acceptors (Lipinski definition) is 2. The van der Waals surface area contributed by atoms with Gasteiger partial charge in [-0.05, 0) is 43.9 Å². The first kappa shape index (κ1) is 17.1. The summed E-state index contributed by atoms with van der Waals surface area (Å²) in [4.78, 5) is 25.5. The lowest BCUT2D eigenvalue weighted by Gasteiger charge is -2.37. The molecule has 1 saturated heterocycles. The van der Waals surface area contributed by atoms with Crippen LogP contribution in [-0.2, 0) is 16.0 Å². The summed E-state index contributed by atoms with van der Waals surface area (Å²) in [6.07, 6.45) is 2.47. The van der Waals surface area contributed by atoms with Gasteiger partial charge in [0.1, 0.15) is 0 Å². The lowest BCUT2D eigenvalue weighted by Crippen LogP contribution is -2.48. The van der Waals surface area contributed by atoms with Gasteiger partial charge in [0.15, 0.2) is 0 Å². The quantitative estimate of drug-likeness (QED) is 0.913. The minimum absolute atomic E-state index is 0.0319. The van der Waals surface area contributed by atoms with E-state index in [-0.39, 0.29) is 23.8 Å². The van der Waals surface area contributed by atoms with Crippen LogP contribution in [0, 0.1) is 5.92 Å². The molecular weight excluding hydrogens is 323 g/mol. The first-order chi connectivity index (χ1) is 10.4.